The first-order chi connectivity index (χ1) is 12.8. The molecule has 2 aromatic heterocycles. The van der Waals surface area contributed by atoms with Crippen LogP contribution in [0.1, 0.15) is 37.1 Å². The lowest BCUT2D eigenvalue weighted by molar-refractivity contribution is 0.00334. The quantitative estimate of drug-likeness (QED) is 0.758. The highest BCUT2D eigenvalue weighted by molar-refractivity contribution is 5.08. The van der Waals surface area contributed by atoms with Crippen LogP contribution in [0.15, 0.2) is 24.7 Å². The Morgan fingerprint density at radius 3 is 2.92 bits per heavy atom. The Kier molecular flexibility index (Phi) is 5.67. The summed E-state index contributed by atoms with van der Waals surface area (Å²) in [5.41, 5.74) is 2.53. The van der Waals surface area contributed by atoms with Crippen molar-refractivity contribution in [2.75, 3.05) is 33.0 Å². The van der Waals surface area contributed by atoms with Crippen LogP contribution in [-0.4, -0.2) is 57.4 Å². The summed E-state index contributed by atoms with van der Waals surface area (Å²) in [7, 11) is 0. The second-order valence-electron chi connectivity index (χ2n) is 7.39. The molecular weight excluding hydrogens is 330 g/mol. The Morgan fingerprint density at radius 1 is 1.23 bits per heavy atom. The van der Waals surface area contributed by atoms with Gasteiger partial charge in [0.25, 0.3) is 0 Å². The van der Waals surface area contributed by atoms with E-state index in [0.717, 1.165) is 65.4 Å². The number of rotatable bonds is 7. The molecule has 26 heavy (non-hydrogen) atoms. The van der Waals surface area contributed by atoms with Crippen LogP contribution in [0.25, 0.3) is 0 Å². The van der Waals surface area contributed by atoms with Gasteiger partial charge in [-0.05, 0) is 31.7 Å². The number of aryl methyl sites for hydroxylation is 1. The highest BCUT2D eigenvalue weighted by atomic mass is 16.5. The maximum absolute atomic E-state index is 6.10. The van der Waals surface area contributed by atoms with Crippen molar-refractivity contribution in [1.82, 2.24) is 24.5 Å². The van der Waals surface area contributed by atoms with Crippen molar-refractivity contribution in [2.45, 2.75) is 45.4 Å². The van der Waals surface area contributed by atoms with E-state index >= 15 is 0 Å². The zero-order valence-corrected chi connectivity index (χ0v) is 15.6. The smallest absolute Gasteiger partial charge is 0.0883 e. The summed E-state index contributed by atoms with van der Waals surface area (Å²) in [5.74, 6) is 0.639. The van der Waals surface area contributed by atoms with Gasteiger partial charge in [-0.15, -0.1) is 0 Å². The molecule has 142 valence electrons. The molecule has 7 heteroatoms. The molecule has 0 aromatic carbocycles. The van der Waals surface area contributed by atoms with E-state index in [-0.39, 0.29) is 6.04 Å². The molecule has 2 aromatic rings. The molecule has 0 bridgehead atoms. The molecule has 1 atom stereocenters. The fourth-order valence-electron chi connectivity index (χ4n) is 3.91. The van der Waals surface area contributed by atoms with Gasteiger partial charge >= 0.3 is 0 Å². The van der Waals surface area contributed by atoms with Crippen LogP contribution >= 0.6 is 0 Å². The first-order valence-electron chi connectivity index (χ1n) is 9.73. The van der Waals surface area contributed by atoms with Crippen LogP contribution in [0.4, 0.5) is 0 Å². The van der Waals surface area contributed by atoms with Crippen LogP contribution in [0.5, 0.6) is 0 Å². The van der Waals surface area contributed by atoms with Crippen molar-refractivity contribution in [1.29, 1.82) is 0 Å². The topological polar surface area (TPSA) is 57.3 Å². The molecule has 0 aliphatic carbocycles. The average molecular weight is 359 g/mol. The maximum atomic E-state index is 6.10. The molecule has 4 rings (SSSR count). The summed E-state index contributed by atoms with van der Waals surface area (Å²) in [6.45, 7) is 9.13. The van der Waals surface area contributed by atoms with Crippen LogP contribution < -0.4 is 0 Å². The minimum atomic E-state index is 0.273. The summed E-state index contributed by atoms with van der Waals surface area (Å²) < 4.78 is 15.7. The predicted octanol–water partition coefficient (Wildman–Crippen LogP) is 2.10. The Hall–Kier alpha value is -1.70. The lowest BCUT2D eigenvalue weighted by Crippen LogP contribution is -2.39. The minimum absolute atomic E-state index is 0.273. The van der Waals surface area contributed by atoms with Crippen molar-refractivity contribution >= 4 is 0 Å². The number of ether oxygens (including phenoxy) is 2. The first kappa shape index (κ1) is 17.7. The van der Waals surface area contributed by atoms with E-state index < -0.39 is 0 Å². The molecule has 0 amide bonds. The molecule has 0 saturated carbocycles. The summed E-state index contributed by atoms with van der Waals surface area (Å²) >= 11 is 0. The van der Waals surface area contributed by atoms with Gasteiger partial charge in [0.1, 0.15) is 0 Å². The van der Waals surface area contributed by atoms with Crippen molar-refractivity contribution < 1.29 is 9.47 Å². The molecule has 0 spiro atoms. The van der Waals surface area contributed by atoms with E-state index in [9.17, 15) is 0 Å². The monoisotopic (exact) mass is 359 g/mol. The molecular formula is C19H29N5O2. The summed E-state index contributed by atoms with van der Waals surface area (Å²) in [4.78, 5) is 2.47. The molecule has 2 aliphatic rings. The van der Waals surface area contributed by atoms with Crippen LogP contribution in [0.3, 0.4) is 0 Å². The molecule has 2 aliphatic heterocycles. The summed E-state index contributed by atoms with van der Waals surface area (Å²) in [6, 6.07) is 2.39. The van der Waals surface area contributed by atoms with Crippen LogP contribution in [-0.2, 0) is 29.1 Å². The molecule has 7 nitrogen and oxygen atoms in total. The lowest BCUT2D eigenvalue weighted by Gasteiger charge is -2.34. The van der Waals surface area contributed by atoms with E-state index in [0.29, 0.717) is 5.92 Å². The van der Waals surface area contributed by atoms with Gasteiger partial charge in [0.05, 0.1) is 24.5 Å². The third-order valence-corrected chi connectivity index (χ3v) is 5.37. The Balaban J connectivity index is 1.34. The Labute approximate surface area is 154 Å². The third-order valence-electron chi connectivity index (χ3n) is 5.37. The lowest BCUT2D eigenvalue weighted by atomic mass is 10.0. The van der Waals surface area contributed by atoms with Crippen molar-refractivity contribution in [3.8, 4) is 0 Å². The van der Waals surface area contributed by atoms with E-state index in [4.69, 9.17) is 9.47 Å². The van der Waals surface area contributed by atoms with Crippen LogP contribution in [0, 0.1) is 5.92 Å². The van der Waals surface area contributed by atoms with E-state index in [1.165, 1.54) is 11.3 Å². The second-order valence-corrected chi connectivity index (χ2v) is 7.39. The van der Waals surface area contributed by atoms with Crippen LogP contribution in [0.2, 0.25) is 0 Å². The molecule has 4 heterocycles. The number of nitrogens with zero attached hydrogens (tertiary/aromatic N) is 5. The molecule has 1 saturated heterocycles. The maximum Gasteiger partial charge on any atom is 0.0883 e. The number of hydrogen-bond donors (Lipinski definition) is 0. The largest absolute Gasteiger partial charge is 0.381 e. The first-order valence-corrected chi connectivity index (χ1v) is 9.73. The number of aromatic nitrogens is 4. The highest BCUT2D eigenvalue weighted by Gasteiger charge is 2.26. The van der Waals surface area contributed by atoms with Gasteiger partial charge in [-0.1, -0.05) is 0 Å². The molecule has 0 radical (unpaired) electrons. The Morgan fingerprint density at radius 2 is 2.12 bits per heavy atom. The van der Waals surface area contributed by atoms with Crippen molar-refractivity contribution in [2.24, 2.45) is 5.92 Å². The molecule has 1 unspecified atom stereocenters. The van der Waals surface area contributed by atoms with Crippen molar-refractivity contribution in [3.63, 3.8) is 0 Å². The van der Waals surface area contributed by atoms with Crippen molar-refractivity contribution in [3.05, 3.63) is 35.9 Å². The van der Waals surface area contributed by atoms with Gasteiger partial charge < -0.3 is 9.47 Å². The van der Waals surface area contributed by atoms with E-state index in [1.807, 2.05) is 17.1 Å². The normalized spacial score (nSPS) is 21.8. The zero-order valence-electron chi connectivity index (χ0n) is 15.6. The van der Waals surface area contributed by atoms with Gasteiger partial charge in [0.2, 0.25) is 0 Å². The standard InChI is InChI=1S/C19H29N5O2/c1-2-23-11-17(9-21-23)10-22-12-18-3-6-20-24(18)19(13-22)15-26-14-16-4-7-25-8-5-16/h3,6,9,11,16,19H,2,4-5,7-8,10,12-15H2,1H3. The molecule has 1 fully saturated rings. The van der Waals surface area contributed by atoms with Gasteiger partial charge in [-0.2, -0.15) is 10.2 Å². The number of fused-ring (bicyclic) bond motifs is 1. The minimum Gasteiger partial charge on any atom is -0.381 e. The second kappa shape index (κ2) is 8.33. The fraction of sp³-hybridized carbons (Fsp3) is 0.684. The van der Waals surface area contributed by atoms with Gasteiger partial charge in [-0.3, -0.25) is 14.3 Å². The summed E-state index contributed by atoms with van der Waals surface area (Å²) in [5, 5.41) is 8.93. The number of hydrogen-bond acceptors (Lipinski definition) is 5. The van der Waals surface area contributed by atoms with Gasteiger partial charge in [0.15, 0.2) is 0 Å². The van der Waals surface area contributed by atoms with Gasteiger partial charge in [-0.25, -0.2) is 0 Å². The zero-order chi connectivity index (χ0) is 17.8. The Bertz CT molecular complexity index is 692. The summed E-state index contributed by atoms with van der Waals surface area (Å²) in [6.07, 6.45) is 8.25. The molecule has 0 N–H and O–H groups in total. The third kappa shape index (κ3) is 4.16. The highest BCUT2D eigenvalue weighted by Crippen LogP contribution is 2.23. The van der Waals surface area contributed by atoms with Gasteiger partial charge in [0, 0.05) is 64.0 Å². The SMILES string of the molecule is CCn1cc(CN2Cc3ccnn3C(COCC3CCOCC3)C2)cn1. The van der Waals surface area contributed by atoms with E-state index in [1.54, 1.807) is 0 Å². The predicted molar refractivity (Wildman–Crippen MR) is 97.6 cm³/mol. The van der Waals surface area contributed by atoms with E-state index in [2.05, 4.69) is 39.0 Å². The fourth-order valence-corrected chi connectivity index (χ4v) is 3.91. The average Bonchev–Trinajstić information content (AvgIpc) is 3.32.